The number of carbonyl (C=O) groups excluding carboxylic acids is 1. The van der Waals surface area contributed by atoms with Gasteiger partial charge in [-0.15, -0.1) is 0 Å². The Hall–Kier alpha value is -1.75. The van der Waals surface area contributed by atoms with Gasteiger partial charge >= 0.3 is 0 Å². The third kappa shape index (κ3) is 2.98. The predicted octanol–water partition coefficient (Wildman–Crippen LogP) is 1.24. The van der Waals surface area contributed by atoms with Crippen LogP contribution in [0.3, 0.4) is 0 Å². The summed E-state index contributed by atoms with van der Waals surface area (Å²) in [5.74, 6) is 0.539. The number of ether oxygens (including phenoxy) is 1. The molecule has 0 aliphatic heterocycles. The van der Waals surface area contributed by atoms with Crippen LogP contribution in [0.4, 0.5) is 0 Å². The molecule has 1 amide bonds. The van der Waals surface area contributed by atoms with Gasteiger partial charge in [-0.25, -0.2) is 0 Å². The first kappa shape index (κ1) is 13.7. The monoisotopic (exact) mass is 265 g/mol. The highest BCUT2D eigenvalue weighted by Crippen LogP contribution is 2.29. The van der Waals surface area contributed by atoms with E-state index in [4.69, 9.17) is 4.74 Å². The largest absolute Gasteiger partial charge is 0.504 e. The maximum absolute atomic E-state index is 12.2. The van der Waals surface area contributed by atoms with Crippen LogP contribution in [0.2, 0.25) is 0 Å². The van der Waals surface area contributed by atoms with E-state index in [1.807, 2.05) is 0 Å². The molecule has 1 aliphatic rings. The lowest BCUT2D eigenvalue weighted by molar-refractivity contribution is 0.0265. The first-order chi connectivity index (χ1) is 9.01. The number of aliphatic hydroxyl groups excluding tert-OH is 1. The lowest BCUT2D eigenvalue weighted by atomic mass is 9.82. The summed E-state index contributed by atoms with van der Waals surface area (Å²) in [4.78, 5) is 13.8. The average molecular weight is 265 g/mol. The molecule has 2 rings (SSSR count). The highest BCUT2D eigenvalue weighted by molar-refractivity contribution is 5.94. The van der Waals surface area contributed by atoms with Crippen LogP contribution in [0.15, 0.2) is 18.2 Å². The summed E-state index contributed by atoms with van der Waals surface area (Å²) in [6, 6.07) is 4.61. The summed E-state index contributed by atoms with van der Waals surface area (Å²) in [7, 11) is 3.19. The molecule has 2 N–H and O–H groups in total. The minimum absolute atomic E-state index is 0.0409. The number of rotatable bonds is 4. The second-order valence-corrected chi connectivity index (χ2v) is 5.06. The first-order valence-electron chi connectivity index (χ1n) is 6.31. The molecule has 5 heteroatoms. The molecule has 0 atom stereocenters. The summed E-state index contributed by atoms with van der Waals surface area (Å²) in [6.45, 7) is 0.628. The average Bonchev–Trinajstić information content (AvgIpc) is 2.35. The molecular formula is C14H19NO4. The van der Waals surface area contributed by atoms with Crippen molar-refractivity contribution >= 4 is 5.91 Å². The quantitative estimate of drug-likeness (QED) is 0.859. The van der Waals surface area contributed by atoms with Gasteiger partial charge in [-0.1, -0.05) is 0 Å². The number of carbonyl (C=O) groups is 1. The van der Waals surface area contributed by atoms with Crippen molar-refractivity contribution in [3.63, 3.8) is 0 Å². The molecule has 0 spiro atoms. The van der Waals surface area contributed by atoms with Gasteiger partial charge in [0.25, 0.3) is 5.91 Å². The van der Waals surface area contributed by atoms with Crippen LogP contribution in [0, 0.1) is 5.92 Å². The normalized spacial score (nSPS) is 21.6. The molecule has 0 aromatic heterocycles. The first-order valence-corrected chi connectivity index (χ1v) is 6.31. The van der Waals surface area contributed by atoms with Gasteiger partial charge in [0.2, 0.25) is 0 Å². The Kier molecular flexibility index (Phi) is 3.95. The van der Waals surface area contributed by atoms with Gasteiger partial charge in [-0.3, -0.25) is 4.79 Å². The van der Waals surface area contributed by atoms with E-state index in [1.54, 1.807) is 24.1 Å². The van der Waals surface area contributed by atoms with Crippen LogP contribution in [-0.4, -0.2) is 47.8 Å². The molecule has 0 unspecified atom stereocenters. The maximum atomic E-state index is 12.2. The SMILES string of the molecule is COc1ccc(C(=O)N(C)CC2CC(O)C2)cc1O. The number of methoxy groups -OCH3 is 1. The number of phenolic OH excluding ortho intramolecular Hbond substituents is 1. The van der Waals surface area contributed by atoms with E-state index in [0.29, 0.717) is 23.8 Å². The molecule has 1 aromatic carbocycles. The van der Waals surface area contributed by atoms with Gasteiger partial charge in [-0.05, 0) is 37.0 Å². The lowest BCUT2D eigenvalue weighted by Gasteiger charge is -2.34. The molecule has 0 radical (unpaired) electrons. The number of hydrogen-bond donors (Lipinski definition) is 2. The van der Waals surface area contributed by atoms with Crippen molar-refractivity contribution in [1.29, 1.82) is 0 Å². The minimum atomic E-state index is -0.210. The number of aromatic hydroxyl groups is 1. The van der Waals surface area contributed by atoms with Crippen molar-refractivity contribution in [2.75, 3.05) is 20.7 Å². The van der Waals surface area contributed by atoms with Gasteiger partial charge in [0.15, 0.2) is 11.5 Å². The molecule has 1 aromatic rings. The van der Waals surface area contributed by atoms with Gasteiger partial charge in [0.05, 0.1) is 13.2 Å². The number of amides is 1. The van der Waals surface area contributed by atoms with Crippen LogP contribution in [0.1, 0.15) is 23.2 Å². The molecule has 1 fully saturated rings. The van der Waals surface area contributed by atoms with Crippen LogP contribution in [0.5, 0.6) is 11.5 Å². The van der Waals surface area contributed by atoms with Gasteiger partial charge < -0.3 is 19.8 Å². The zero-order valence-electron chi connectivity index (χ0n) is 11.2. The third-order valence-electron chi connectivity index (χ3n) is 3.52. The summed E-state index contributed by atoms with van der Waals surface area (Å²) >= 11 is 0. The molecule has 0 saturated heterocycles. The van der Waals surface area contributed by atoms with Crippen molar-refractivity contribution in [2.24, 2.45) is 5.92 Å². The van der Waals surface area contributed by atoms with Crippen LogP contribution in [-0.2, 0) is 0 Å². The predicted molar refractivity (Wildman–Crippen MR) is 70.4 cm³/mol. The Morgan fingerprint density at radius 1 is 1.47 bits per heavy atom. The molecular weight excluding hydrogens is 246 g/mol. The van der Waals surface area contributed by atoms with Gasteiger partial charge in [0.1, 0.15) is 0 Å². The lowest BCUT2D eigenvalue weighted by Crippen LogP contribution is -2.39. The van der Waals surface area contributed by atoms with Crippen molar-refractivity contribution in [1.82, 2.24) is 4.90 Å². The van der Waals surface area contributed by atoms with Crippen molar-refractivity contribution in [3.05, 3.63) is 23.8 Å². The van der Waals surface area contributed by atoms with Crippen molar-refractivity contribution < 1.29 is 19.7 Å². The van der Waals surface area contributed by atoms with E-state index < -0.39 is 0 Å². The number of nitrogens with zero attached hydrogens (tertiary/aromatic N) is 1. The fraction of sp³-hybridized carbons (Fsp3) is 0.500. The Balaban J connectivity index is 2.00. The molecule has 1 saturated carbocycles. The summed E-state index contributed by atoms with van der Waals surface area (Å²) in [5.41, 5.74) is 0.431. The topological polar surface area (TPSA) is 70.0 Å². The van der Waals surface area contributed by atoms with Crippen molar-refractivity contribution in [2.45, 2.75) is 18.9 Å². The zero-order valence-corrected chi connectivity index (χ0v) is 11.2. The van der Waals surface area contributed by atoms with Crippen LogP contribution in [0.25, 0.3) is 0 Å². The van der Waals surface area contributed by atoms with Crippen LogP contribution < -0.4 is 4.74 Å². The number of aliphatic hydroxyl groups is 1. The van der Waals surface area contributed by atoms with E-state index in [1.165, 1.54) is 13.2 Å². The van der Waals surface area contributed by atoms with E-state index in [9.17, 15) is 15.0 Å². The molecule has 19 heavy (non-hydrogen) atoms. The van der Waals surface area contributed by atoms with Crippen molar-refractivity contribution in [3.8, 4) is 11.5 Å². The van der Waals surface area contributed by atoms with Crippen LogP contribution >= 0.6 is 0 Å². The number of hydrogen-bond acceptors (Lipinski definition) is 4. The van der Waals surface area contributed by atoms with E-state index in [-0.39, 0.29) is 17.8 Å². The Morgan fingerprint density at radius 2 is 2.16 bits per heavy atom. The third-order valence-corrected chi connectivity index (χ3v) is 3.52. The molecule has 0 heterocycles. The number of phenols is 1. The molecule has 5 nitrogen and oxygen atoms in total. The maximum Gasteiger partial charge on any atom is 0.253 e. The number of benzene rings is 1. The summed E-state index contributed by atoms with van der Waals surface area (Å²) < 4.78 is 4.94. The fourth-order valence-corrected chi connectivity index (χ4v) is 2.36. The van der Waals surface area contributed by atoms with Gasteiger partial charge in [0, 0.05) is 19.2 Å². The summed E-state index contributed by atoms with van der Waals surface area (Å²) in [6.07, 6.45) is 1.30. The van der Waals surface area contributed by atoms with E-state index in [2.05, 4.69) is 0 Å². The second-order valence-electron chi connectivity index (χ2n) is 5.06. The van der Waals surface area contributed by atoms with Gasteiger partial charge in [-0.2, -0.15) is 0 Å². The summed E-state index contributed by atoms with van der Waals surface area (Å²) in [5, 5.41) is 18.9. The standard InChI is InChI=1S/C14H19NO4/c1-15(8-9-5-11(16)6-9)14(18)10-3-4-13(19-2)12(17)7-10/h3-4,7,9,11,16-17H,5-6,8H2,1-2H3. The Bertz CT molecular complexity index is 469. The smallest absolute Gasteiger partial charge is 0.253 e. The fourth-order valence-electron chi connectivity index (χ4n) is 2.36. The van der Waals surface area contributed by atoms with E-state index in [0.717, 1.165) is 12.8 Å². The molecule has 1 aliphatic carbocycles. The van der Waals surface area contributed by atoms with E-state index >= 15 is 0 Å². The Morgan fingerprint density at radius 3 is 2.68 bits per heavy atom. The molecule has 104 valence electrons. The Labute approximate surface area is 112 Å². The molecule has 0 bridgehead atoms. The zero-order chi connectivity index (χ0) is 14.0. The minimum Gasteiger partial charge on any atom is -0.504 e. The second kappa shape index (κ2) is 5.48. The highest BCUT2D eigenvalue weighted by Gasteiger charge is 2.29. The highest BCUT2D eigenvalue weighted by atomic mass is 16.5.